The van der Waals surface area contributed by atoms with E-state index in [9.17, 15) is 19.2 Å². The Kier molecular flexibility index (Phi) is 9.37. The Labute approximate surface area is 204 Å². The summed E-state index contributed by atoms with van der Waals surface area (Å²) in [6.45, 7) is 5.58. The lowest BCUT2D eigenvalue weighted by atomic mass is 10.1. The number of anilines is 1. The largest absolute Gasteiger partial charge is 0.494 e. The first-order valence-corrected chi connectivity index (χ1v) is 11.6. The molecule has 186 valence electrons. The number of ether oxygens (including phenoxy) is 3. The molecule has 3 rings (SSSR count). The molecule has 1 fully saturated rings. The number of nitrogens with one attached hydrogen (secondary N) is 1. The summed E-state index contributed by atoms with van der Waals surface area (Å²) >= 11 is 0. The third kappa shape index (κ3) is 7.38. The van der Waals surface area contributed by atoms with Gasteiger partial charge in [0.25, 0.3) is 5.91 Å². The lowest BCUT2D eigenvalue weighted by Gasteiger charge is -2.32. The molecule has 0 spiro atoms. The van der Waals surface area contributed by atoms with E-state index in [0.717, 1.165) is 6.42 Å². The minimum Gasteiger partial charge on any atom is -0.494 e. The van der Waals surface area contributed by atoms with Gasteiger partial charge in [-0.1, -0.05) is 6.92 Å². The number of benzene rings is 2. The lowest BCUT2D eigenvalue weighted by molar-refractivity contribution is -0.155. The topological polar surface area (TPSA) is 111 Å². The van der Waals surface area contributed by atoms with Crippen LogP contribution in [0, 0.1) is 0 Å². The van der Waals surface area contributed by atoms with Crippen molar-refractivity contribution in [3.8, 4) is 5.75 Å². The molecule has 1 aliphatic heterocycles. The second-order valence-corrected chi connectivity index (χ2v) is 7.97. The van der Waals surface area contributed by atoms with Crippen LogP contribution in [0.4, 0.5) is 5.69 Å². The maximum Gasteiger partial charge on any atom is 0.338 e. The van der Waals surface area contributed by atoms with Crippen LogP contribution in [-0.2, 0) is 19.1 Å². The highest BCUT2D eigenvalue weighted by atomic mass is 16.5. The molecule has 1 atom stereocenters. The van der Waals surface area contributed by atoms with Crippen LogP contribution in [0.5, 0.6) is 5.75 Å². The van der Waals surface area contributed by atoms with E-state index in [0.29, 0.717) is 43.3 Å². The van der Waals surface area contributed by atoms with Crippen LogP contribution in [0.1, 0.15) is 47.4 Å². The summed E-state index contributed by atoms with van der Waals surface area (Å²) < 4.78 is 15.9. The fraction of sp³-hybridized carbons (Fsp3) is 0.385. The molecule has 1 saturated heterocycles. The molecule has 2 amide bonds. The molecule has 0 aliphatic carbocycles. The standard InChI is InChI=1S/C26H30N2O7/c1-3-13-28-14-15-34-23(25(28)31)16-24(30)27-20-9-5-19(6-10-20)26(32)35-17-22(29)18-7-11-21(12-8-18)33-4-2/h5-12,23H,3-4,13-17H2,1-2H3,(H,27,30). The number of Topliss-reactive ketones (excluding diaryl/α,β-unsaturated/α-hetero) is 1. The van der Waals surface area contributed by atoms with Gasteiger partial charge in [-0.25, -0.2) is 4.79 Å². The summed E-state index contributed by atoms with van der Waals surface area (Å²) in [5.41, 5.74) is 1.12. The van der Waals surface area contributed by atoms with E-state index in [1.165, 1.54) is 12.1 Å². The summed E-state index contributed by atoms with van der Waals surface area (Å²) in [6.07, 6.45) is -0.0384. The highest BCUT2D eigenvalue weighted by Gasteiger charge is 2.30. The van der Waals surface area contributed by atoms with Crippen LogP contribution in [0.3, 0.4) is 0 Å². The van der Waals surface area contributed by atoms with Gasteiger partial charge in [0.1, 0.15) is 11.9 Å². The molecule has 2 aromatic rings. The fourth-order valence-corrected chi connectivity index (χ4v) is 3.60. The van der Waals surface area contributed by atoms with E-state index in [2.05, 4.69) is 5.32 Å². The van der Waals surface area contributed by atoms with Crippen molar-refractivity contribution in [1.29, 1.82) is 0 Å². The predicted molar refractivity (Wildman–Crippen MR) is 129 cm³/mol. The van der Waals surface area contributed by atoms with Gasteiger partial charge in [-0.15, -0.1) is 0 Å². The average Bonchev–Trinajstić information content (AvgIpc) is 2.86. The maximum atomic E-state index is 12.4. The third-order valence-electron chi connectivity index (χ3n) is 5.36. The third-order valence-corrected chi connectivity index (χ3v) is 5.36. The predicted octanol–water partition coefficient (Wildman–Crippen LogP) is 3.09. The van der Waals surface area contributed by atoms with E-state index >= 15 is 0 Å². The summed E-state index contributed by atoms with van der Waals surface area (Å²) in [5, 5.41) is 2.70. The Morgan fingerprint density at radius 2 is 1.71 bits per heavy atom. The van der Waals surface area contributed by atoms with E-state index in [1.54, 1.807) is 41.3 Å². The average molecular weight is 483 g/mol. The number of carbonyl (C=O) groups is 4. The molecule has 0 saturated carbocycles. The van der Waals surface area contributed by atoms with Crippen LogP contribution >= 0.6 is 0 Å². The van der Waals surface area contributed by atoms with E-state index in [1.807, 2.05) is 13.8 Å². The highest BCUT2D eigenvalue weighted by molar-refractivity contribution is 6.00. The first-order valence-electron chi connectivity index (χ1n) is 11.6. The smallest absolute Gasteiger partial charge is 0.338 e. The quantitative estimate of drug-likeness (QED) is 0.387. The number of hydrogen-bond donors (Lipinski definition) is 1. The minimum absolute atomic E-state index is 0.0868. The monoisotopic (exact) mass is 482 g/mol. The molecule has 0 aromatic heterocycles. The van der Waals surface area contributed by atoms with Crippen LogP contribution in [0.15, 0.2) is 48.5 Å². The van der Waals surface area contributed by atoms with Crippen LogP contribution in [0.2, 0.25) is 0 Å². The molecule has 1 unspecified atom stereocenters. The Balaban J connectivity index is 1.47. The molecule has 1 aliphatic rings. The van der Waals surface area contributed by atoms with Crippen molar-refractivity contribution in [1.82, 2.24) is 4.90 Å². The molecule has 1 heterocycles. The number of rotatable bonds is 11. The zero-order valence-electron chi connectivity index (χ0n) is 20.0. The second-order valence-electron chi connectivity index (χ2n) is 7.97. The zero-order valence-corrected chi connectivity index (χ0v) is 20.0. The summed E-state index contributed by atoms with van der Waals surface area (Å²) in [5.74, 6) is -0.865. The fourth-order valence-electron chi connectivity index (χ4n) is 3.60. The molecule has 35 heavy (non-hydrogen) atoms. The molecule has 1 N–H and O–H groups in total. The van der Waals surface area contributed by atoms with Gasteiger partial charge in [0.2, 0.25) is 5.91 Å². The molecular formula is C26H30N2O7. The number of morpholine rings is 1. The van der Waals surface area contributed by atoms with Gasteiger partial charge < -0.3 is 24.4 Å². The summed E-state index contributed by atoms with van der Waals surface area (Å²) in [4.78, 5) is 51.1. The van der Waals surface area contributed by atoms with E-state index in [-0.39, 0.29) is 29.6 Å². The van der Waals surface area contributed by atoms with Crippen molar-refractivity contribution in [2.24, 2.45) is 0 Å². The van der Waals surface area contributed by atoms with Gasteiger partial charge in [-0.3, -0.25) is 14.4 Å². The maximum absolute atomic E-state index is 12.4. The van der Waals surface area contributed by atoms with E-state index in [4.69, 9.17) is 14.2 Å². The number of amides is 2. The number of nitrogens with zero attached hydrogens (tertiary/aromatic N) is 1. The molecule has 2 aromatic carbocycles. The highest BCUT2D eigenvalue weighted by Crippen LogP contribution is 2.16. The number of carbonyl (C=O) groups excluding carboxylic acids is 4. The van der Waals surface area contributed by atoms with Crippen molar-refractivity contribution >= 4 is 29.3 Å². The van der Waals surface area contributed by atoms with Crippen molar-refractivity contribution in [2.75, 3.05) is 38.2 Å². The minimum atomic E-state index is -0.794. The lowest BCUT2D eigenvalue weighted by Crippen LogP contribution is -2.49. The normalized spacial score (nSPS) is 15.4. The van der Waals surface area contributed by atoms with Gasteiger partial charge in [0.15, 0.2) is 12.4 Å². The SMILES string of the molecule is CCCN1CCOC(CC(=O)Nc2ccc(C(=O)OCC(=O)c3ccc(OCC)cc3)cc2)C1=O. The van der Waals surface area contributed by atoms with Crippen molar-refractivity contribution in [3.05, 3.63) is 59.7 Å². The number of ketones is 1. The molecule has 9 nitrogen and oxygen atoms in total. The number of hydrogen-bond acceptors (Lipinski definition) is 7. The zero-order chi connectivity index (χ0) is 25.2. The Morgan fingerprint density at radius 3 is 2.37 bits per heavy atom. The second kappa shape index (κ2) is 12.7. The van der Waals surface area contributed by atoms with Gasteiger partial charge >= 0.3 is 5.97 Å². The molecule has 0 radical (unpaired) electrons. The Hall–Kier alpha value is -3.72. The first kappa shape index (κ1) is 25.9. The van der Waals surface area contributed by atoms with Crippen molar-refractivity contribution in [3.63, 3.8) is 0 Å². The van der Waals surface area contributed by atoms with Gasteiger partial charge in [0, 0.05) is 24.3 Å². The Bertz CT molecular complexity index is 1030. The van der Waals surface area contributed by atoms with Crippen molar-refractivity contribution < 1.29 is 33.4 Å². The first-order chi connectivity index (χ1) is 16.9. The molecule has 0 bridgehead atoms. The molecular weight excluding hydrogens is 452 g/mol. The van der Waals surface area contributed by atoms with Crippen LogP contribution in [0.25, 0.3) is 0 Å². The summed E-state index contributed by atoms with van der Waals surface area (Å²) in [6, 6.07) is 12.7. The van der Waals surface area contributed by atoms with Gasteiger partial charge in [-0.05, 0) is 61.9 Å². The Morgan fingerprint density at radius 1 is 1.03 bits per heavy atom. The van der Waals surface area contributed by atoms with Gasteiger partial charge in [0.05, 0.1) is 25.2 Å². The van der Waals surface area contributed by atoms with Crippen LogP contribution in [-0.4, -0.2) is 67.5 Å². The van der Waals surface area contributed by atoms with Gasteiger partial charge in [-0.2, -0.15) is 0 Å². The van der Waals surface area contributed by atoms with Crippen molar-refractivity contribution in [2.45, 2.75) is 32.8 Å². The number of esters is 1. The molecule has 9 heteroatoms. The van der Waals surface area contributed by atoms with Crippen LogP contribution < -0.4 is 10.1 Å². The summed E-state index contributed by atoms with van der Waals surface area (Å²) in [7, 11) is 0. The van der Waals surface area contributed by atoms with E-state index < -0.39 is 18.7 Å².